The average Bonchev–Trinajstić information content (AvgIpc) is 2.97. The molecule has 1 fully saturated rings. The Hall–Kier alpha value is -1.62. The molecule has 0 bridgehead atoms. The molecule has 1 aliphatic heterocycles. The van der Waals surface area contributed by atoms with Gasteiger partial charge in [-0.25, -0.2) is 9.78 Å². The van der Waals surface area contributed by atoms with Crippen molar-refractivity contribution in [3.05, 3.63) is 29.0 Å². The van der Waals surface area contributed by atoms with Gasteiger partial charge in [0.1, 0.15) is 11.0 Å². The first-order chi connectivity index (χ1) is 8.65. The summed E-state index contributed by atoms with van der Waals surface area (Å²) in [5.41, 5.74) is 1.12. The van der Waals surface area contributed by atoms with Gasteiger partial charge in [0.2, 0.25) is 0 Å². The summed E-state index contributed by atoms with van der Waals surface area (Å²) in [6, 6.07) is 3.75. The zero-order valence-corrected chi connectivity index (χ0v) is 10.4. The van der Waals surface area contributed by atoms with Crippen LogP contribution in [0.1, 0.15) is 18.4 Å². The van der Waals surface area contributed by atoms with E-state index in [0.717, 1.165) is 24.8 Å². The Bertz CT molecular complexity index is 509. The predicted molar refractivity (Wildman–Crippen MR) is 66.8 cm³/mol. The SMILES string of the molecule is O=C1N=C(NC2(Cc3ccc(Cl)nc3)CC2)CO1. The average molecular weight is 266 g/mol. The molecule has 0 radical (unpaired) electrons. The molecule has 0 unspecified atom stereocenters. The fourth-order valence-corrected chi connectivity index (χ4v) is 2.19. The molecule has 3 rings (SSSR count). The smallest absolute Gasteiger partial charge is 0.435 e. The summed E-state index contributed by atoms with van der Waals surface area (Å²) < 4.78 is 4.77. The van der Waals surface area contributed by atoms with Crippen LogP contribution in [0.5, 0.6) is 0 Å². The topological polar surface area (TPSA) is 63.6 Å². The van der Waals surface area contributed by atoms with E-state index in [-0.39, 0.29) is 12.1 Å². The van der Waals surface area contributed by atoms with Crippen LogP contribution in [-0.4, -0.2) is 29.1 Å². The zero-order valence-electron chi connectivity index (χ0n) is 9.65. The van der Waals surface area contributed by atoms with Gasteiger partial charge in [-0.1, -0.05) is 17.7 Å². The summed E-state index contributed by atoms with van der Waals surface area (Å²) in [4.78, 5) is 18.7. The summed E-state index contributed by atoms with van der Waals surface area (Å²) in [6.07, 6.45) is 4.24. The van der Waals surface area contributed by atoms with Crippen LogP contribution in [0.2, 0.25) is 5.15 Å². The van der Waals surface area contributed by atoms with E-state index in [0.29, 0.717) is 11.0 Å². The maximum atomic E-state index is 10.9. The molecule has 18 heavy (non-hydrogen) atoms. The number of aliphatic imine (C=N–C) groups is 1. The van der Waals surface area contributed by atoms with Crippen LogP contribution in [0.25, 0.3) is 0 Å². The predicted octanol–water partition coefficient (Wildman–Crippen LogP) is 1.95. The van der Waals surface area contributed by atoms with Gasteiger partial charge >= 0.3 is 6.09 Å². The summed E-state index contributed by atoms with van der Waals surface area (Å²) in [5.74, 6) is 0.624. The van der Waals surface area contributed by atoms with Crippen LogP contribution >= 0.6 is 11.6 Å². The standard InChI is InChI=1S/C12H12ClN3O2/c13-9-2-1-8(6-14-9)5-12(3-4-12)16-10-7-18-11(17)15-10/h1-2,6H,3-5,7H2,(H,15,16,17). The number of nitrogens with zero attached hydrogens (tertiary/aromatic N) is 2. The van der Waals surface area contributed by atoms with Crippen molar-refractivity contribution in [2.24, 2.45) is 4.99 Å². The minimum atomic E-state index is -0.513. The van der Waals surface area contributed by atoms with E-state index in [1.165, 1.54) is 0 Å². The van der Waals surface area contributed by atoms with Gasteiger partial charge in [0.15, 0.2) is 6.61 Å². The van der Waals surface area contributed by atoms with E-state index in [1.807, 2.05) is 6.07 Å². The molecular formula is C12H12ClN3O2. The Morgan fingerprint density at radius 3 is 2.83 bits per heavy atom. The minimum Gasteiger partial charge on any atom is -0.440 e. The molecule has 5 nitrogen and oxygen atoms in total. The number of aromatic nitrogens is 1. The lowest BCUT2D eigenvalue weighted by molar-refractivity contribution is 0.180. The molecule has 2 heterocycles. The van der Waals surface area contributed by atoms with Crippen molar-refractivity contribution in [2.75, 3.05) is 6.61 Å². The normalized spacial score (nSPS) is 20.3. The first kappa shape index (κ1) is 11.5. The molecule has 1 aromatic heterocycles. The van der Waals surface area contributed by atoms with Crippen molar-refractivity contribution in [1.29, 1.82) is 0 Å². The molecule has 0 saturated heterocycles. The molecule has 0 aromatic carbocycles. The minimum absolute atomic E-state index is 0.00230. The van der Waals surface area contributed by atoms with E-state index >= 15 is 0 Å². The number of rotatable bonds is 3. The maximum Gasteiger partial charge on any atom is 0.435 e. The number of carbonyl (C=O) groups is 1. The first-order valence-corrected chi connectivity index (χ1v) is 6.16. The van der Waals surface area contributed by atoms with E-state index < -0.39 is 6.09 Å². The van der Waals surface area contributed by atoms with Crippen LogP contribution in [-0.2, 0) is 11.2 Å². The van der Waals surface area contributed by atoms with Crippen LogP contribution in [0.3, 0.4) is 0 Å². The second-order valence-electron chi connectivity index (χ2n) is 4.68. The molecular weight excluding hydrogens is 254 g/mol. The number of nitrogens with one attached hydrogen (secondary N) is 1. The van der Waals surface area contributed by atoms with Gasteiger partial charge < -0.3 is 10.1 Å². The Morgan fingerprint density at radius 1 is 1.44 bits per heavy atom. The Morgan fingerprint density at radius 2 is 2.28 bits per heavy atom. The molecule has 1 saturated carbocycles. The largest absolute Gasteiger partial charge is 0.440 e. The van der Waals surface area contributed by atoms with Crippen molar-refractivity contribution in [1.82, 2.24) is 10.3 Å². The third-order valence-electron chi connectivity index (χ3n) is 3.15. The Labute approximate surface area is 109 Å². The number of halogens is 1. The molecule has 1 aliphatic carbocycles. The maximum absolute atomic E-state index is 10.9. The summed E-state index contributed by atoms with van der Waals surface area (Å²) in [5, 5.41) is 3.80. The molecule has 6 heteroatoms. The highest BCUT2D eigenvalue weighted by molar-refractivity contribution is 6.29. The summed E-state index contributed by atoms with van der Waals surface area (Å²) in [6.45, 7) is 0.249. The molecule has 2 aliphatic rings. The van der Waals surface area contributed by atoms with Gasteiger partial charge in [0.05, 0.1) is 0 Å². The van der Waals surface area contributed by atoms with Gasteiger partial charge in [-0.3, -0.25) is 0 Å². The third kappa shape index (κ3) is 2.46. The summed E-state index contributed by atoms with van der Waals surface area (Å²) in [7, 11) is 0. The highest BCUT2D eigenvalue weighted by Gasteiger charge is 2.44. The van der Waals surface area contributed by atoms with Crippen molar-refractivity contribution in [2.45, 2.75) is 24.8 Å². The van der Waals surface area contributed by atoms with E-state index in [4.69, 9.17) is 16.3 Å². The molecule has 1 N–H and O–H groups in total. The second kappa shape index (κ2) is 4.24. The van der Waals surface area contributed by atoms with Crippen LogP contribution in [0.4, 0.5) is 4.79 Å². The van der Waals surface area contributed by atoms with E-state index in [2.05, 4.69) is 15.3 Å². The van der Waals surface area contributed by atoms with E-state index in [9.17, 15) is 4.79 Å². The highest BCUT2D eigenvalue weighted by atomic mass is 35.5. The van der Waals surface area contributed by atoms with Gasteiger partial charge in [-0.15, -0.1) is 0 Å². The monoisotopic (exact) mass is 265 g/mol. The molecule has 1 amide bonds. The fourth-order valence-electron chi connectivity index (χ4n) is 2.07. The van der Waals surface area contributed by atoms with Crippen molar-refractivity contribution < 1.29 is 9.53 Å². The van der Waals surface area contributed by atoms with Gasteiger partial charge in [-0.2, -0.15) is 4.99 Å². The lowest BCUT2D eigenvalue weighted by Gasteiger charge is -2.17. The van der Waals surface area contributed by atoms with Crippen molar-refractivity contribution in [3.63, 3.8) is 0 Å². The molecule has 1 aromatic rings. The van der Waals surface area contributed by atoms with Crippen LogP contribution < -0.4 is 5.32 Å². The number of cyclic esters (lactones) is 1. The van der Waals surface area contributed by atoms with Crippen LogP contribution in [0, 0.1) is 0 Å². The molecule has 94 valence electrons. The number of hydrogen-bond donors (Lipinski definition) is 1. The lowest BCUT2D eigenvalue weighted by atomic mass is 10.1. The molecule has 0 atom stereocenters. The number of hydrogen-bond acceptors (Lipinski definition) is 4. The van der Waals surface area contributed by atoms with E-state index in [1.54, 1.807) is 12.3 Å². The Kier molecular flexibility index (Phi) is 2.70. The van der Waals surface area contributed by atoms with Gasteiger partial charge in [0.25, 0.3) is 0 Å². The summed E-state index contributed by atoms with van der Waals surface area (Å²) >= 11 is 5.75. The number of amidine groups is 1. The van der Waals surface area contributed by atoms with Gasteiger partial charge in [0, 0.05) is 11.7 Å². The van der Waals surface area contributed by atoms with Crippen LogP contribution in [0.15, 0.2) is 23.3 Å². The fraction of sp³-hybridized carbons (Fsp3) is 0.417. The number of carbonyl (C=O) groups excluding carboxylic acids is 1. The van der Waals surface area contributed by atoms with Crippen molar-refractivity contribution in [3.8, 4) is 0 Å². The quantitative estimate of drug-likeness (QED) is 0.849. The second-order valence-corrected chi connectivity index (χ2v) is 5.07. The molecule has 0 spiro atoms. The number of amides is 1. The lowest BCUT2D eigenvalue weighted by Crippen LogP contribution is -2.39. The zero-order chi connectivity index (χ0) is 12.6. The number of ether oxygens (including phenoxy) is 1. The highest BCUT2D eigenvalue weighted by Crippen LogP contribution is 2.38. The third-order valence-corrected chi connectivity index (χ3v) is 3.38. The Balaban J connectivity index is 1.66. The van der Waals surface area contributed by atoms with Gasteiger partial charge in [-0.05, 0) is 30.9 Å². The number of pyridine rings is 1. The first-order valence-electron chi connectivity index (χ1n) is 5.78. The van der Waals surface area contributed by atoms with Crippen molar-refractivity contribution >= 4 is 23.5 Å².